The van der Waals surface area contributed by atoms with E-state index in [1.54, 1.807) is 6.92 Å². The standard InChI is InChI=1S/C12H20N2O2S2/c1-5-16-12(15)10-9(3)14-18-11(10)13-8(2)6-7-17-4/h8,13H,5-7H2,1-4H3. The molecule has 4 nitrogen and oxygen atoms in total. The minimum Gasteiger partial charge on any atom is -0.462 e. The lowest BCUT2D eigenvalue weighted by molar-refractivity contribution is 0.0527. The molecule has 1 aromatic heterocycles. The first kappa shape index (κ1) is 15.3. The van der Waals surface area contributed by atoms with Gasteiger partial charge in [-0.2, -0.15) is 16.1 Å². The summed E-state index contributed by atoms with van der Waals surface area (Å²) in [6.07, 6.45) is 3.15. The summed E-state index contributed by atoms with van der Waals surface area (Å²) in [6, 6.07) is 0.325. The molecule has 0 aromatic carbocycles. The monoisotopic (exact) mass is 288 g/mol. The molecule has 6 heteroatoms. The van der Waals surface area contributed by atoms with Gasteiger partial charge in [-0.05, 0) is 50.7 Å². The number of ether oxygens (including phenoxy) is 1. The van der Waals surface area contributed by atoms with E-state index in [9.17, 15) is 4.79 Å². The van der Waals surface area contributed by atoms with Gasteiger partial charge in [0.05, 0.1) is 12.3 Å². The van der Waals surface area contributed by atoms with Crippen LogP contribution in [0.15, 0.2) is 0 Å². The highest BCUT2D eigenvalue weighted by atomic mass is 32.2. The molecule has 0 fully saturated rings. The Hall–Kier alpha value is -0.750. The van der Waals surface area contributed by atoms with Crippen molar-refractivity contribution in [2.75, 3.05) is 23.9 Å². The summed E-state index contributed by atoms with van der Waals surface area (Å²) in [5, 5.41) is 4.17. The summed E-state index contributed by atoms with van der Waals surface area (Å²) >= 11 is 3.14. The molecule has 0 saturated carbocycles. The molecule has 0 radical (unpaired) electrons. The molecule has 0 aliphatic rings. The summed E-state index contributed by atoms with van der Waals surface area (Å²) in [4.78, 5) is 11.8. The lowest BCUT2D eigenvalue weighted by Crippen LogP contribution is -2.17. The van der Waals surface area contributed by atoms with E-state index in [4.69, 9.17) is 4.74 Å². The molecule has 1 unspecified atom stereocenters. The van der Waals surface area contributed by atoms with Crippen LogP contribution in [0.1, 0.15) is 36.3 Å². The van der Waals surface area contributed by atoms with Crippen molar-refractivity contribution < 1.29 is 9.53 Å². The van der Waals surface area contributed by atoms with Gasteiger partial charge in [-0.25, -0.2) is 4.79 Å². The zero-order chi connectivity index (χ0) is 13.5. The average molecular weight is 288 g/mol. The fourth-order valence-electron chi connectivity index (χ4n) is 1.50. The predicted octanol–water partition coefficient (Wildman–Crippen LogP) is 3.18. The fourth-order valence-corrected chi connectivity index (χ4v) is 2.99. The number of anilines is 1. The van der Waals surface area contributed by atoms with Crippen LogP contribution < -0.4 is 5.32 Å². The van der Waals surface area contributed by atoms with Gasteiger partial charge in [0.1, 0.15) is 10.6 Å². The third kappa shape index (κ3) is 4.17. The van der Waals surface area contributed by atoms with Crippen LogP contribution in [-0.2, 0) is 4.74 Å². The van der Waals surface area contributed by atoms with E-state index < -0.39 is 0 Å². The summed E-state index contributed by atoms with van der Waals surface area (Å²) in [5.41, 5.74) is 1.32. The highest BCUT2D eigenvalue weighted by Gasteiger charge is 2.20. The van der Waals surface area contributed by atoms with Crippen molar-refractivity contribution in [2.24, 2.45) is 0 Å². The lowest BCUT2D eigenvalue weighted by atomic mass is 10.2. The maximum absolute atomic E-state index is 11.8. The number of aryl methyl sites for hydroxylation is 1. The van der Waals surface area contributed by atoms with E-state index in [1.807, 2.05) is 18.7 Å². The third-order valence-corrected chi connectivity index (χ3v) is 3.99. The van der Waals surface area contributed by atoms with Crippen LogP contribution in [0.2, 0.25) is 0 Å². The van der Waals surface area contributed by atoms with E-state index in [0.29, 0.717) is 18.2 Å². The van der Waals surface area contributed by atoms with Gasteiger partial charge in [0.15, 0.2) is 0 Å². The Balaban J connectivity index is 2.74. The van der Waals surface area contributed by atoms with E-state index in [1.165, 1.54) is 11.5 Å². The molecule has 1 N–H and O–H groups in total. The van der Waals surface area contributed by atoms with Crippen LogP contribution in [0.5, 0.6) is 0 Å². The van der Waals surface area contributed by atoms with Crippen LogP contribution in [0.3, 0.4) is 0 Å². The number of aromatic nitrogens is 1. The number of nitrogens with zero attached hydrogens (tertiary/aromatic N) is 1. The van der Waals surface area contributed by atoms with Crippen molar-refractivity contribution >= 4 is 34.3 Å². The molecule has 102 valence electrons. The smallest absolute Gasteiger partial charge is 0.343 e. The molecule has 1 heterocycles. The highest BCUT2D eigenvalue weighted by Crippen LogP contribution is 2.26. The number of hydrogen-bond acceptors (Lipinski definition) is 6. The molecule has 0 saturated heterocycles. The third-order valence-electron chi connectivity index (χ3n) is 2.47. The Labute approximate surface area is 117 Å². The van der Waals surface area contributed by atoms with Gasteiger partial charge in [0.2, 0.25) is 0 Å². The minimum atomic E-state index is -0.289. The van der Waals surface area contributed by atoms with Gasteiger partial charge in [-0.3, -0.25) is 0 Å². The number of nitrogens with one attached hydrogen (secondary N) is 1. The highest BCUT2D eigenvalue weighted by molar-refractivity contribution is 7.98. The average Bonchev–Trinajstić information content (AvgIpc) is 2.68. The Kier molecular flexibility index (Phi) is 6.49. The molecule has 18 heavy (non-hydrogen) atoms. The summed E-state index contributed by atoms with van der Waals surface area (Å²) in [5.74, 6) is 0.809. The second-order valence-electron chi connectivity index (χ2n) is 4.02. The van der Waals surface area contributed by atoms with Crippen molar-refractivity contribution in [1.82, 2.24) is 4.37 Å². The first-order valence-corrected chi connectivity index (χ1v) is 8.15. The molecule has 0 aliphatic carbocycles. The Morgan fingerprint density at radius 1 is 1.61 bits per heavy atom. The predicted molar refractivity (Wildman–Crippen MR) is 78.9 cm³/mol. The van der Waals surface area contributed by atoms with Crippen LogP contribution >= 0.6 is 23.3 Å². The first-order chi connectivity index (χ1) is 8.60. The molecule has 1 atom stereocenters. The first-order valence-electron chi connectivity index (χ1n) is 5.99. The van der Waals surface area contributed by atoms with Crippen molar-refractivity contribution in [3.63, 3.8) is 0 Å². The van der Waals surface area contributed by atoms with Crippen molar-refractivity contribution in [1.29, 1.82) is 0 Å². The van der Waals surface area contributed by atoms with Crippen LogP contribution in [0.25, 0.3) is 0 Å². The maximum atomic E-state index is 11.8. The van der Waals surface area contributed by atoms with Gasteiger partial charge in [0.25, 0.3) is 0 Å². The van der Waals surface area contributed by atoms with Gasteiger partial charge in [0, 0.05) is 6.04 Å². The van der Waals surface area contributed by atoms with Crippen molar-refractivity contribution in [2.45, 2.75) is 33.2 Å². The number of thioether (sulfide) groups is 1. The van der Waals surface area contributed by atoms with Gasteiger partial charge in [-0.1, -0.05) is 0 Å². The van der Waals surface area contributed by atoms with E-state index in [-0.39, 0.29) is 5.97 Å². The van der Waals surface area contributed by atoms with Gasteiger partial charge < -0.3 is 10.1 Å². The normalized spacial score (nSPS) is 12.2. The second kappa shape index (κ2) is 7.63. The van der Waals surface area contributed by atoms with Crippen molar-refractivity contribution in [3.05, 3.63) is 11.3 Å². The Bertz CT molecular complexity index is 393. The fraction of sp³-hybridized carbons (Fsp3) is 0.667. The summed E-state index contributed by atoms with van der Waals surface area (Å²) < 4.78 is 9.28. The largest absolute Gasteiger partial charge is 0.462 e. The van der Waals surface area contributed by atoms with Gasteiger partial charge >= 0.3 is 5.97 Å². The van der Waals surface area contributed by atoms with E-state index in [2.05, 4.69) is 22.9 Å². The van der Waals surface area contributed by atoms with Crippen LogP contribution in [0, 0.1) is 6.92 Å². The van der Waals surface area contributed by atoms with E-state index in [0.717, 1.165) is 22.9 Å². The number of hydrogen-bond donors (Lipinski definition) is 1. The maximum Gasteiger partial charge on any atom is 0.343 e. The molecule has 1 rings (SSSR count). The van der Waals surface area contributed by atoms with Crippen LogP contribution in [0.4, 0.5) is 5.00 Å². The second-order valence-corrected chi connectivity index (χ2v) is 5.78. The molecule has 0 bridgehead atoms. The zero-order valence-electron chi connectivity index (χ0n) is 11.3. The molecular weight excluding hydrogens is 268 g/mol. The molecular formula is C12H20N2O2S2. The number of esters is 1. The van der Waals surface area contributed by atoms with Crippen molar-refractivity contribution in [3.8, 4) is 0 Å². The lowest BCUT2D eigenvalue weighted by Gasteiger charge is -2.13. The summed E-state index contributed by atoms with van der Waals surface area (Å²) in [7, 11) is 0. The quantitative estimate of drug-likeness (QED) is 0.781. The molecule has 0 aliphatic heterocycles. The number of rotatable bonds is 7. The Morgan fingerprint density at radius 2 is 2.33 bits per heavy atom. The SMILES string of the molecule is CCOC(=O)c1c(C)nsc1NC(C)CCSC. The molecule has 1 aromatic rings. The van der Waals surface area contributed by atoms with Gasteiger partial charge in [-0.15, -0.1) is 0 Å². The van der Waals surface area contributed by atoms with E-state index >= 15 is 0 Å². The van der Waals surface area contributed by atoms with Crippen LogP contribution in [-0.4, -0.2) is 35.0 Å². The summed E-state index contributed by atoms with van der Waals surface area (Å²) in [6.45, 7) is 6.14. The molecule has 0 amide bonds. The number of carbonyl (C=O) groups excluding carboxylic acids is 1. The Morgan fingerprint density at radius 3 is 2.94 bits per heavy atom. The number of carbonyl (C=O) groups is 1. The zero-order valence-corrected chi connectivity index (χ0v) is 12.9. The molecule has 0 spiro atoms. The topological polar surface area (TPSA) is 51.2 Å². The minimum absolute atomic E-state index is 0.289.